The van der Waals surface area contributed by atoms with E-state index in [4.69, 9.17) is 0 Å². The molecule has 4 heteroatoms. The van der Waals surface area contributed by atoms with Gasteiger partial charge in [-0.05, 0) is 36.8 Å². The zero-order chi connectivity index (χ0) is 15.5. The van der Waals surface area contributed by atoms with E-state index in [9.17, 15) is 4.79 Å². The van der Waals surface area contributed by atoms with Crippen LogP contribution in [0.4, 0.5) is 0 Å². The summed E-state index contributed by atoms with van der Waals surface area (Å²) in [5.41, 5.74) is 2.72. The molecule has 1 saturated carbocycles. The average molecular weight is 297 g/mol. The van der Waals surface area contributed by atoms with E-state index in [1.807, 2.05) is 24.3 Å². The summed E-state index contributed by atoms with van der Waals surface area (Å²) >= 11 is 0. The van der Waals surface area contributed by atoms with Gasteiger partial charge in [0.2, 0.25) is 0 Å². The molecule has 0 saturated heterocycles. The van der Waals surface area contributed by atoms with Crippen molar-refractivity contribution in [3.05, 3.63) is 53.3 Å². The Morgan fingerprint density at radius 3 is 2.68 bits per heavy atom. The zero-order valence-corrected chi connectivity index (χ0v) is 13.2. The minimum atomic E-state index is -0.0994. The van der Waals surface area contributed by atoms with Crippen molar-refractivity contribution in [2.75, 3.05) is 0 Å². The first-order valence-corrected chi connectivity index (χ1v) is 8.04. The van der Waals surface area contributed by atoms with E-state index in [1.54, 1.807) is 0 Å². The van der Waals surface area contributed by atoms with Gasteiger partial charge in [-0.1, -0.05) is 44.2 Å². The molecule has 1 atom stereocenters. The maximum Gasteiger partial charge on any atom is 0.272 e. The number of amides is 1. The van der Waals surface area contributed by atoms with Crippen LogP contribution in [-0.4, -0.2) is 16.1 Å². The fraction of sp³-hybridized carbons (Fsp3) is 0.444. The van der Waals surface area contributed by atoms with Gasteiger partial charge >= 0.3 is 0 Å². The summed E-state index contributed by atoms with van der Waals surface area (Å²) < 4.78 is 0. The predicted octanol–water partition coefficient (Wildman–Crippen LogP) is 3.80. The Bertz CT molecular complexity index is 629. The largest absolute Gasteiger partial charge is 0.344 e. The van der Waals surface area contributed by atoms with Crippen molar-refractivity contribution in [2.45, 2.75) is 45.1 Å². The lowest BCUT2D eigenvalue weighted by atomic mass is 9.97. The highest BCUT2D eigenvalue weighted by molar-refractivity contribution is 5.92. The van der Waals surface area contributed by atoms with Crippen molar-refractivity contribution in [3.63, 3.8) is 0 Å². The Morgan fingerprint density at radius 1 is 1.32 bits per heavy atom. The molecule has 4 nitrogen and oxygen atoms in total. The first-order chi connectivity index (χ1) is 10.6. The topological polar surface area (TPSA) is 57.8 Å². The van der Waals surface area contributed by atoms with E-state index in [2.05, 4.69) is 41.5 Å². The molecule has 0 aliphatic heterocycles. The minimum Gasteiger partial charge on any atom is -0.344 e. The van der Waals surface area contributed by atoms with Crippen LogP contribution in [0, 0.1) is 5.92 Å². The van der Waals surface area contributed by atoms with Gasteiger partial charge in [0.15, 0.2) is 0 Å². The summed E-state index contributed by atoms with van der Waals surface area (Å²) in [4.78, 5) is 12.5. The van der Waals surface area contributed by atoms with Gasteiger partial charge in [0.05, 0.1) is 6.04 Å². The van der Waals surface area contributed by atoms with Crippen LogP contribution in [0.2, 0.25) is 0 Å². The molecule has 1 fully saturated rings. The summed E-state index contributed by atoms with van der Waals surface area (Å²) in [7, 11) is 0. The van der Waals surface area contributed by atoms with Gasteiger partial charge < -0.3 is 5.32 Å². The van der Waals surface area contributed by atoms with E-state index in [0.717, 1.165) is 17.7 Å². The number of benzene rings is 1. The first-order valence-electron chi connectivity index (χ1n) is 8.04. The number of aromatic nitrogens is 2. The molecular weight excluding hydrogens is 274 g/mol. The van der Waals surface area contributed by atoms with Crippen molar-refractivity contribution in [3.8, 4) is 0 Å². The summed E-state index contributed by atoms with van der Waals surface area (Å²) in [6.07, 6.45) is 3.31. The lowest BCUT2D eigenvalue weighted by molar-refractivity contribution is 0.0927. The van der Waals surface area contributed by atoms with Crippen molar-refractivity contribution in [2.24, 2.45) is 5.92 Å². The van der Waals surface area contributed by atoms with Gasteiger partial charge in [-0.15, -0.1) is 0 Å². The quantitative estimate of drug-likeness (QED) is 0.852. The number of H-pyrrole nitrogens is 1. The van der Waals surface area contributed by atoms with Crippen LogP contribution in [-0.2, 0) is 0 Å². The number of nitrogens with one attached hydrogen (secondary N) is 2. The second kappa shape index (κ2) is 6.34. The van der Waals surface area contributed by atoms with Gasteiger partial charge in [-0.3, -0.25) is 9.89 Å². The lowest BCUT2D eigenvalue weighted by Crippen LogP contribution is -2.29. The molecule has 1 aromatic heterocycles. The van der Waals surface area contributed by atoms with E-state index < -0.39 is 0 Å². The Labute approximate surface area is 131 Å². The number of hydrogen-bond acceptors (Lipinski definition) is 2. The van der Waals surface area contributed by atoms with Gasteiger partial charge in [-0.2, -0.15) is 5.10 Å². The number of carbonyl (C=O) groups is 1. The number of rotatable bonds is 6. The van der Waals surface area contributed by atoms with E-state index in [-0.39, 0.29) is 11.9 Å². The lowest BCUT2D eigenvalue weighted by Gasteiger charge is -2.20. The summed E-state index contributed by atoms with van der Waals surface area (Å²) in [6, 6.07) is 12.1. The third-order valence-corrected chi connectivity index (χ3v) is 4.06. The maximum absolute atomic E-state index is 12.5. The summed E-state index contributed by atoms with van der Waals surface area (Å²) in [6.45, 7) is 4.34. The molecule has 1 aliphatic carbocycles. The standard InChI is InChI=1S/C18H23N3O/c1-12(2)10-15(13-6-4-3-5-7-13)19-18(22)17-11-16(20-21-17)14-8-9-14/h3-7,11-12,14-15H,8-10H2,1-2H3,(H,19,22)(H,20,21). The Hall–Kier alpha value is -2.10. The fourth-order valence-corrected chi connectivity index (χ4v) is 2.72. The Morgan fingerprint density at radius 2 is 2.05 bits per heavy atom. The van der Waals surface area contributed by atoms with Crippen molar-refractivity contribution in [1.29, 1.82) is 0 Å². The molecule has 3 rings (SSSR count). The maximum atomic E-state index is 12.5. The van der Waals surface area contributed by atoms with Gasteiger partial charge in [0.1, 0.15) is 5.69 Å². The van der Waals surface area contributed by atoms with Crippen LogP contribution < -0.4 is 5.32 Å². The number of carbonyl (C=O) groups excluding carboxylic acids is 1. The third kappa shape index (κ3) is 3.56. The second-order valence-electron chi connectivity index (χ2n) is 6.55. The van der Waals surface area contributed by atoms with E-state index in [0.29, 0.717) is 17.5 Å². The van der Waals surface area contributed by atoms with Crippen molar-refractivity contribution < 1.29 is 4.79 Å². The van der Waals surface area contributed by atoms with E-state index >= 15 is 0 Å². The summed E-state index contributed by atoms with van der Waals surface area (Å²) in [5, 5.41) is 10.3. The molecule has 1 unspecified atom stereocenters. The number of aromatic amines is 1. The molecule has 22 heavy (non-hydrogen) atoms. The molecule has 0 radical (unpaired) electrons. The Kier molecular flexibility index (Phi) is 4.27. The Balaban J connectivity index is 1.72. The van der Waals surface area contributed by atoms with Crippen molar-refractivity contribution in [1.82, 2.24) is 15.5 Å². The van der Waals surface area contributed by atoms with Crippen LogP contribution >= 0.6 is 0 Å². The van der Waals surface area contributed by atoms with Gasteiger partial charge in [0.25, 0.3) is 5.91 Å². The predicted molar refractivity (Wildman–Crippen MR) is 86.7 cm³/mol. The molecule has 0 spiro atoms. The van der Waals surface area contributed by atoms with Crippen LogP contribution in [0.3, 0.4) is 0 Å². The highest BCUT2D eigenvalue weighted by Crippen LogP contribution is 2.39. The molecular formula is C18H23N3O. The molecule has 1 heterocycles. The van der Waals surface area contributed by atoms with Crippen LogP contribution in [0.5, 0.6) is 0 Å². The van der Waals surface area contributed by atoms with Crippen LogP contribution in [0.25, 0.3) is 0 Å². The SMILES string of the molecule is CC(C)CC(NC(=O)c1cc(C2CC2)[nH]n1)c1ccccc1. The highest BCUT2D eigenvalue weighted by Gasteiger charge is 2.27. The van der Waals surface area contributed by atoms with Crippen LogP contribution in [0.1, 0.15) is 66.8 Å². The molecule has 1 aromatic carbocycles. The molecule has 2 N–H and O–H groups in total. The molecule has 1 amide bonds. The number of hydrogen-bond donors (Lipinski definition) is 2. The second-order valence-corrected chi connectivity index (χ2v) is 6.55. The first kappa shape index (κ1) is 14.8. The van der Waals surface area contributed by atoms with Gasteiger partial charge in [-0.25, -0.2) is 0 Å². The minimum absolute atomic E-state index is 0.0229. The molecule has 116 valence electrons. The average Bonchev–Trinajstić information content (AvgIpc) is 3.24. The van der Waals surface area contributed by atoms with Gasteiger partial charge in [0, 0.05) is 11.6 Å². The molecule has 0 bridgehead atoms. The third-order valence-electron chi connectivity index (χ3n) is 4.06. The monoisotopic (exact) mass is 297 g/mol. The fourth-order valence-electron chi connectivity index (χ4n) is 2.72. The normalized spacial score (nSPS) is 15.8. The molecule has 1 aliphatic rings. The smallest absolute Gasteiger partial charge is 0.272 e. The summed E-state index contributed by atoms with van der Waals surface area (Å²) in [5.74, 6) is 0.985. The number of nitrogens with zero attached hydrogens (tertiary/aromatic N) is 1. The van der Waals surface area contributed by atoms with E-state index in [1.165, 1.54) is 12.8 Å². The van der Waals surface area contributed by atoms with Crippen molar-refractivity contribution >= 4 is 5.91 Å². The molecule has 2 aromatic rings. The van der Waals surface area contributed by atoms with Crippen LogP contribution in [0.15, 0.2) is 36.4 Å². The zero-order valence-electron chi connectivity index (χ0n) is 13.2. The highest BCUT2D eigenvalue weighted by atomic mass is 16.2.